The van der Waals surface area contributed by atoms with Crippen molar-refractivity contribution in [2.45, 2.75) is 25.6 Å². The lowest BCUT2D eigenvalue weighted by atomic mass is 10.2. The highest BCUT2D eigenvalue weighted by atomic mass is 32.2. The monoisotopic (exact) mass is 264 g/mol. The molecule has 2 rings (SSSR count). The lowest BCUT2D eigenvalue weighted by molar-refractivity contribution is -0.126. The maximum atomic E-state index is 12.0. The van der Waals surface area contributed by atoms with Gasteiger partial charge in [-0.05, 0) is 37.2 Å². The van der Waals surface area contributed by atoms with Crippen molar-refractivity contribution in [3.63, 3.8) is 0 Å². The van der Waals surface area contributed by atoms with Gasteiger partial charge in [-0.3, -0.25) is 14.5 Å². The fourth-order valence-corrected chi connectivity index (χ4v) is 2.70. The topological polar surface area (TPSA) is 49.4 Å². The summed E-state index contributed by atoms with van der Waals surface area (Å²) in [5.74, 6) is -0.146. The Bertz CT molecular complexity index is 459. The van der Waals surface area contributed by atoms with Gasteiger partial charge in [0.15, 0.2) is 5.37 Å². The quantitative estimate of drug-likeness (QED) is 0.908. The highest BCUT2D eigenvalue weighted by Crippen LogP contribution is 2.28. The zero-order valence-electron chi connectivity index (χ0n) is 10.5. The van der Waals surface area contributed by atoms with Gasteiger partial charge in [-0.2, -0.15) is 0 Å². The number of anilines is 1. The van der Waals surface area contributed by atoms with Gasteiger partial charge in [0.1, 0.15) is 0 Å². The van der Waals surface area contributed by atoms with Crippen molar-refractivity contribution in [1.29, 1.82) is 0 Å². The Morgan fingerprint density at radius 1 is 1.28 bits per heavy atom. The number of nitrogens with one attached hydrogen (secondary N) is 1. The van der Waals surface area contributed by atoms with Crippen LogP contribution in [0.5, 0.6) is 0 Å². The molecule has 0 spiro atoms. The number of hydrogen-bond donors (Lipinski definition) is 1. The van der Waals surface area contributed by atoms with E-state index in [1.165, 1.54) is 4.90 Å². The number of carbonyl (C=O) groups excluding carboxylic acids is 2. The number of aryl methyl sites for hydroxylation is 1. The molecule has 0 radical (unpaired) electrons. The van der Waals surface area contributed by atoms with Crippen molar-refractivity contribution < 1.29 is 9.59 Å². The van der Waals surface area contributed by atoms with Crippen LogP contribution >= 0.6 is 11.8 Å². The first-order valence-corrected chi connectivity index (χ1v) is 6.85. The summed E-state index contributed by atoms with van der Waals surface area (Å²) in [5.41, 5.74) is 2.02. The van der Waals surface area contributed by atoms with Gasteiger partial charge in [0.05, 0.1) is 0 Å². The van der Waals surface area contributed by atoms with E-state index in [0.29, 0.717) is 6.54 Å². The van der Waals surface area contributed by atoms with Crippen molar-refractivity contribution >= 4 is 28.6 Å². The van der Waals surface area contributed by atoms with E-state index in [1.807, 2.05) is 38.1 Å². The molecule has 0 saturated carbocycles. The first-order valence-electron chi connectivity index (χ1n) is 5.97. The molecular weight excluding hydrogens is 248 g/mol. The summed E-state index contributed by atoms with van der Waals surface area (Å²) >= 11 is 1.05. The Labute approximate surface area is 111 Å². The van der Waals surface area contributed by atoms with E-state index in [-0.39, 0.29) is 11.1 Å². The van der Waals surface area contributed by atoms with Gasteiger partial charge in [-0.15, -0.1) is 0 Å². The molecule has 0 unspecified atom stereocenters. The van der Waals surface area contributed by atoms with Crippen molar-refractivity contribution in [1.82, 2.24) is 4.90 Å². The highest BCUT2D eigenvalue weighted by Gasteiger charge is 2.38. The Kier molecular flexibility index (Phi) is 3.91. The van der Waals surface area contributed by atoms with Crippen LogP contribution < -0.4 is 5.32 Å². The smallest absolute Gasteiger partial charge is 0.290 e. The molecular formula is C13H16N2O2S. The first-order chi connectivity index (χ1) is 8.61. The van der Waals surface area contributed by atoms with Gasteiger partial charge in [-0.25, -0.2) is 0 Å². The van der Waals surface area contributed by atoms with E-state index >= 15 is 0 Å². The molecule has 0 bridgehead atoms. The van der Waals surface area contributed by atoms with Gasteiger partial charge in [0, 0.05) is 12.2 Å². The van der Waals surface area contributed by atoms with Gasteiger partial charge in [0.2, 0.25) is 0 Å². The number of amides is 2. The van der Waals surface area contributed by atoms with E-state index in [0.717, 1.165) is 29.4 Å². The second-order valence-corrected chi connectivity index (χ2v) is 5.32. The van der Waals surface area contributed by atoms with Crippen LogP contribution in [0.2, 0.25) is 0 Å². The molecule has 1 saturated heterocycles. The standard InChI is InChI=1S/C13H16N2O2S/c1-3-8-15-12(16)11(18-13(15)17)14-10-6-4-9(2)5-7-10/h4-7,11,14H,3,8H2,1-2H3/t11-/m1/s1. The third-order valence-electron chi connectivity index (χ3n) is 2.73. The Balaban J connectivity index is 2.05. The molecule has 1 fully saturated rings. The molecule has 0 aromatic heterocycles. The Morgan fingerprint density at radius 3 is 2.56 bits per heavy atom. The molecule has 1 N–H and O–H groups in total. The van der Waals surface area contributed by atoms with Crippen LogP contribution in [-0.4, -0.2) is 28.0 Å². The lowest BCUT2D eigenvalue weighted by Gasteiger charge is -2.13. The summed E-state index contributed by atoms with van der Waals surface area (Å²) in [6.45, 7) is 4.45. The van der Waals surface area contributed by atoms with Gasteiger partial charge in [0.25, 0.3) is 11.1 Å². The number of hydrogen-bond acceptors (Lipinski definition) is 4. The minimum Gasteiger partial charge on any atom is -0.365 e. The van der Waals surface area contributed by atoms with Crippen LogP contribution in [0.15, 0.2) is 24.3 Å². The van der Waals surface area contributed by atoms with Crippen LogP contribution in [0.4, 0.5) is 10.5 Å². The molecule has 1 aliphatic heterocycles. The zero-order chi connectivity index (χ0) is 13.1. The van der Waals surface area contributed by atoms with Gasteiger partial charge >= 0.3 is 0 Å². The first kappa shape index (κ1) is 13.0. The second-order valence-electron chi connectivity index (χ2n) is 4.26. The maximum absolute atomic E-state index is 12.0. The van der Waals surface area contributed by atoms with Crippen LogP contribution in [0.3, 0.4) is 0 Å². The molecule has 2 amide bonds. The molecule has 1 heterocycles. The van der Waals surface area contributed by atoms with Crippen molar-refractivity contribution in [3.05, 3.63) is 29.8 Å². The van der Waals surface area contributed by atoms with E-state index in [1.54, 1.807) is 0 Å². The summed E-state index contributed by atoms with van der Waals surface area (Å²) in [6.07, 6.45) is 0.787. The minimum absolute atomic E-state index is 0.146. The molecule has 4 nitrogen and oxygen atoms in total. The Morgan fingerprint density at radius 2 is 1.94 bits per heavy atom. The molecule has 18 heavy (non-hydrogen) atoms. The summed E-state index contributed by atoms with van der Waals surface area (Å²) in [4.78, 5) is 25.0. The van der Waals surface area contributed by atoms with E-state index < -0.39 is 5.37 Å². The molecule has 1 aromatic carbocycles. The number of imide groups is 1. The second kappa shape index (κ2) is 5.44. The van der Waals surface area contributed by atoms with E-state index in [4.69, 9.17) is 0 Å². The summed E-state index contributed by atoms with van der Waals surface area (Å²) < 4.78 is 0. The largest absolute Gasteiger partial charge is 0.365 e. The summed E-state index contributed by atoms with van der Waals surface area (Å²) in [5, 5.41) is 2.43. The van der Waals surface area contributed by atoms with Gasteiger partial charge < -0.3 is 5.32 Å². The molecule has 0 aliphatic carbocycles. The highest BCUT2D eigenvalue weighted by molar-refractivity contribution is 8.15. The Hall–Kier alpha value is -1.49. The fourth-order valence-electron chi connectivity index (χ4n) is 1.76. The summed E-state index contributed by atoms with van der Waals surface area (Å²) in [7, 11) is 0. The fraction of sp³-hybridized carbons (Fsp3) is 0.385. The summed E-state index contributed by atoms with van der Waals surface area (Å²) in [6, 6.07) is 7.77. The van der Waals surface area contributed by atoms with Crippen LogP contribution in [0.25, 0.3) is 0 Å². The number of nitrogens with zero attached hydrogens (tertiary/aromatic N) is 1. The van der Waals surface area contributed by atoms with Gasteiger partial charge in [-0.1, -0.05) is 24.6 Å². The van der Waals surface area contributed by atoms with E-state index in [2.05, 4.69) is 5.32 Å². The predicted molar refractivity (Wildman–Crippen MR) is 73.6 cm³/mol. The molecule has 5 heteroatoms. The number of thioether (sulfide) groups is 1. The van der Waals surface area contributed by atoms with Crippen molar-refractivity contribution in [3.8, 4) is 0 Å². The third kappa shape index (κ3) is 2.67. The lowest BCUT2D eigenvalue weighted by Crippen LogP contribution is -2.34. The molecule has 1 atom stereocenters. The molecule has 1 aromatic rings. The zero-order valence-corrected chi connectivity index (χ0v) is 11.3. The minimum atomic E-state index is -0.494. The average Bonchev–Trinajstić information content (AvgIpc) is 2.60. The SMILES string of the molecule is CCCN1C(=O)S[C@@H](Nc2ccc(C)cc2)C1=O. The third-order valence-corrected chi connectivity index (χ3v) is 3.70. The molecule has 1 aliphatic rings. The van der Waals surface area contributed by atoms with E-state index in [9.17, 15) is 9.59 Å². The van der Waals surface area contributed by atoms with Crippen molar-refractivity contribution in [2.24, 2.45) is 0 Å². The molecule has 96 valence electrons. The van der Waals surface area contributed by atoms with Crippen LogP contribution in [0.1, 0.15) is 18.9 Å². The normalized spacial score (nSPS) is 19.4. The average molecular weight is 264 g/mol. The number of carbonyl (C=O) groups is 2. The number of rotatable bonds is 4. The van der Waals surface area contributed by atoms with Crippen LogP contribution in [0, 0.1) is 6.92 Å². The number of benzene rings is 1. The maximum Gasteiger partial charge on any atom is 0.290 e. The predicted octanol–water partition coefficient (Wildman–Crippen LogP) is 2.84. The van der Waals surface area contributed by atoms with Crippen LogP contribution in [-0.2, 0) is 4.79 Å². The van der Waals surface area contributed by atoms with Crippen molar-refractivity contribution in [2.75, 3.05) is 11.9 Å².